The first-order chi connectivity index (χ1) is 7.22. The van der Waals surface area contributed by atoms with Gasteiger partial charge in [0.25, 0.3) is 0 Å². The zero-order chi connectivity index (χ0) is 10.8. The summed E-state index contributed by atoms with van der Waals surface area (Å²) in [6.45, 7) is 1.87. The van der Waals surface area contributed by atoms with Crippen LogP contribution in [0.15, 0.2) is 12.7 Å². The molecule has 0 spiro atoms. The fraction of sp³-hybridized carbons (Fsp3) is 0.286. The maximum Gasteiger partial charge on any atom is 0.373 e. The first-order valence-corrected chi connectivity index (χ1v) is 4.61. The van der Waals surface area contributed by atoms with Gasteiger partial charge in [-0.15, -0.1) is 9.78 Å². The van der Waals surface area contributed by atoms with E-state index in [1.54, 1.807) is 0 Å². The Morgan fingerprint density at radius 2 is 2.40 bits per heavy atom. The number of nitrogens with zero attached hydrogens (tertiary/aromatic N) is 6. The summed E-state index contributed by atoms with van der Waals surface area (Å²) in [4.78, 5) is 19.2. The van der Waals surface area contributed by atoms with Crippen LogP contribution in [-0.4, -0.2) is 35.6 Å². The highest BCUT2D eigenvalue weighted by molar-refractivity contribution is 6.29. The van der Waals surface area contributed by atoms with Crippen LogP contribution >= 0.6 is 11.6 Å². The number of rotatable bonds is 1. The minimum Gasteiger partial charge on any atom is -0.243 e. The molecule has 8 heteroatoms. The zero-order valence-corrected chi connectivity index (χ0v) is 8.59. The van der Waals surface area contributed by atoms with Crippen molar-refractivity contribution in [1.82, 2.24) is 29.5 Å². The quantitative estimate of drug-likeness (QED) is 0.712. The average molecular weight is 227 g/mol. The van der Waals surface area contributed by atoms with Crippen molar-refractivity contribution in [1.29, 1.82) is 0 Å². The maximum atomic E-state index is 11.7. The molecule has 0 amide bonds. The van der Waals surface area contributed by atoms with Crippen LogP contribution in [0.2, 0.25) is 5.28 Å². The average Bonchev–Trinajstić information content (AvgIpc) is 2.85. The third kappa shape index (κ3) is 1.73. The minimum absolute atomic E-state index is 0.0207. The van der Waals surface area contributed by atoms with Gasteiger partial charge in [-0.05, 0) is 11.6 Å². The molecule has 0 fully saturated rings. The summed E-state index contributed by atoms with van der Waals surface area (Å²) < 4.78 is 2.01. The number of carbonyl (C=O) groups is 1. The lowest BCUT2D eigenvalue weighted by molar-refractivity contribution is 0.238. The molecule has 15 heavy (non-hydrogen) atoms. The molecule has 0 atom stereocenters. The Kier molecular flexibility index (Phi) is 2.46. The molecular formula is C7H7ClN6O. The third-order valence-corrected chi connectivity index (χ3v) is 1.97. The van der Waals surface area contributed by atoms with Gasteiger partial charge in [0.1, 0.15) is 12.7 Å². The molecule has 0 N–H and O–H groups in total. The van der Waals surface area contributed by atoms with Crippen molar-refractivity contribution in [3.63, 3.8) is 0 Å². The number of hydrogen-bond donors (Lipinski definition) is 0. The fourth-order valence-electron chi connectivity index (χ4n) is 1.01. The lowest BCUT2D eigenvalue weighted by atomic mass is 10.5. The van der Waals surface area contributed by atoms with E-state index in [0.717, 1.165) is 9.36 Å². The summed E-state index contributed by atoms with van der Waals surface area (Å²) in [7, 11) is 0. The maximum absolute atomic E-state index is 11.7. The Hall–Kier alpha value is -1.76. The van der Waals surface area contributed by atoms with E-state index in [-0.39, 0.29) is 5.28 Å². The molecule has 0 saturated heterocycles. The first-order valence-electron chi connectivity index (χ1n) is 4.23. The predicted molar refractivity (Wildman–Crippen MR) is 50.6 cm³/mol. The Bertz CT molecular complexity index is 476. The van der Waals surface area contributed by atoms with Gasteiger partial charge < -0.3 is 0 Å². The predicted octanol–water partition coefficient (Wildman–Crippen LogP) is 0.602. The van der Waals surface area contributed by atoms with E-state index in [1.165, 1.54) is 12.7 Å². The SMILES string of the molecule is CCc1nc(Cl)n(C(=O)n2cncn2)n1. The molecule has 0 aromatic carbocycles. The van der Waals surface area contributed by atoms with Crippen LogP contribution in [0, 0.1) is 0 Å². The second-order valence-electron chi connectivity index (χ2n) is 2.69. The van der Waals surface area contributed by atoms with E-state index in [4.69, 9.17) is 11.6 Å². The number of halogens is 1. The van der Waals surface area contributed by atoms with Gasteiger partial charge in [-0.1, -0.05) is 6.92 Å². The summed E-state index contributed by atoms with van der Waals surface area (Å²) in [5, 5.41) is 7.62. The molecule has 0 aliphatic heterocycles. The van der Waals surface area contributed by atoms with E-state index in [1.807, 2.05) is 6.92 Å². The molecular weight excluding hydrogens is 220 g/mol. The van der Waals surface area contributed by atoms with Gasteiger partial charge in [-0.3, -0.25) is 0 Å². The normalized spacial score (nSPS) is 10.5. The standard InChI is InChI=1S/C7H7ClN6O/c1-2-5-11-6(8)14(12-5)7(15)13-4-9-3-10-13/h3-4H,2H2,1H3. The van der Waals surface area contributed by atoms with Crippen LogP contribution in [0.4, 0.5) is 4.79 Å². The number of carbonyl (C=O) groups excluding carboxylic acids is 1. The Morgan fingerprint density at radius 3 is 2.93 bits per heavy atom. The highest BCUT2D eigenvalue weighted by Crippen LogP contribution is 2.06. The number of aryl methyl sites for hydroxylation is 1. The van der Waals surface area contributed by atoms with E-state index >= 15 is 0 Å². The molecule has 0 aliphatic rings. The van der Waals surface area contributed by atoms with Gasteiger partial charge in [0.2, 0.25) is 5.28 Å². The Balaban J connectivity index is 2.37. The molecule has 2 rings (SSSR count). The second-order valence-corrected chi connectivity index (χ2v) is 3.02. The lowest BCUT2D eigenvalue weighted by Crippen LogP contribution is -2.21. The number of hydrogen-bond acceptors (Lipinski definition) is 5. The van der Waals surface area contributed by atoms with Gasteiger partial charge in [0, 0.05) is 6.42 Å². The van der Waals surface area contributed by atoms with Crippen molar-refractivity contribution in [2.45, 2.75) is 13.3 Å². The van der Waals surface area contributed by atoms with Gasteiger partial charge in [-0.2, -0.15) is 9.78 Å². The topological polar surface area (TPSA) is 78.5 Å². The van der Waals surface area contributed by atoms with E-state index in [9.17, 15) is 4.79 Å². The highest BCUT2D eigenvalue weighted by atomic mass is 35.5. The van der Waals surface area contributed by atoms with Crippen LogP contribution in [0.5, 0.6) is 0 Å². The lowest BCUT2D eigenvalue weighted by Gasteiger charge is -1.97. The van der Waals surface area contributed by atoms with Crippen LogP contribution in [0.3, 0.4) is 0 Å². The fourth-order valence-corrected chi connectivity index (χ4v) is 1.22. The van der Waals surface area contributed by atoms with E-state index in [0.29, 0.717) is 12.2 Å². The Labute approximate surface area is 89.7 Å². The second kappa shape index (κ2) is 3.77. The molecule has 2 heterocycles. The molecule has 0 aliphatic carbocycles. The van der Waals surface area contributed by atoms with Crippen molar-refractivity contribution < 1.29 is 4.79 Å². The van der Waals surface area contributed by atoms with Crippen LogP contribution in [0.1, 0.15) is 12.7 Å². The third-order valence-electron chi connectivity index (χ3n) is 1.72. The van der Waals surface area contributed by atoms with Gasteiger partial charge >= 0.3 is 6.03 Å². The summed E-state index contributed by atoms with van der Waals surface area (Å²) >= 11 is 5.74. The van der Waals surface area contributed by atoms with Gasteiger partial charge in [0.05, 0.1) is 0 Å². The van der Waals surface area contributed by atoms with Crippen molar-refractivity contribution in [2.24, 2.45) is 0 Å². The van der Waals surface area contributed by atoms with E-state index in [2.05, 4.69) is 20.2 Å². The zero-order valence-electron chi connectivity index (χ0n) is 7.83. The van der Waals surface area contributed by atoms with Crippen LogP contribution < -0.4 is 0 Å². The van der Waals surface area contributed by atoms with Crippen molar-refractivity contribution in [3.05, 3.63) is 23.8 Å². The number of aromatic nitrogens is 6. The molecule has 7 nitrogen and oxygen atoms in total. The van der Waals surface area contributed by atoms with Crippen molar-refractivity contribution in [2.75, 3.05) is 0 Å². The molecule has 0 bridgehead atoms. The van der Waals surface area contributed by atoms with Crippen LogP contribution in [-0.2, 0) is 6.42 Å². The molecule has 0 radical (unpaired) electrons. The molecule has 0 saturated carbocycles. The monoisotopic (exact) mass is 226 g/mol. The van der Waals surface area contributed by atoms with E-state index < -0.39 is 6.03 Å². The van der Waals surface area contributed by atoms with Gasteiger partial charge in [0.15, 0.2) is 5.82 Å². The summed E-state index contributed by atoms with van der Waals surface area (Å²) in [6, 6.07) is -0.510. The first kappa shape index (κ1) is 9.78. The van der Waals surface area contributed by atoms with Crippen molar-refractivity contribution in [3.8, 4) is 0 Å². The summed E-state index contributed by atoms with van der Waals surface area (Å²) in [5.41, 5.74) is 0. The largest absolute Gasteiger partial charge is 0.373 e. The molecule has 2 aromatic rings. The van der Waals surface area contributed by atoms with Crippen molar-refractivity contribution >= 4 is 17.6 Å². The smallest absolute Gasteiger partial charge is 0.243 e. The highest BCUT2D eigenvalue weighted by Gasteiger charge is 2.15. The summed E-state index contributed by atoms with van der Waals surface area (Å²) in [5.74, 6) is 0.508. The Morgan fingerprint density at radius 1 is 1.60 bits per heavy atom. The van der Waals surface area contributed by atoms with Crippen LogP contribution in [0.25, 0.3) is 0 Å². The van der Waals surface area contributed by atoms with Gasteiger partial charge in [-0.25, -0.2) is 14.8 Å². The molecule has 2 aromatic heterocycles. The molecule has 78 valence electrons. The molecule has 0 unspecified atom stereocenters. The minimum atomic E-state index is -0.510. The summed E-state index contributed by atoms with van der Waals surface area (Å²) in [6.07, 6.45) is 3.13.